The first-order valence-corrected chi connectivity index (χ1v) is 6.98. The lowest BCUT2D eigenvalue weighted by Crippen LogP contribution is -2.50. The van der Waals surface area contributed by atoms with Gasteiger partial charge in [0.1, 0.15) is 0 Å². The molecule has 4 heteroatoms. The molecular weight excluding hydrogens is 262 g/mol. The highest BCUT2D eigenvalue weighted by atomic mass is 35.5. The van der Waals surface area contributed by atoms with Gasteiger partial charge in [-0.25, -0.2) is 0 Å². The molecule has 1 aromatic carbocycles. The molecule has 0 spiro atoms. The average molecular weight is 278 g/mol. The summed E-state index contributed by atoms with van der Waals surface area (Å²) >= 11 is 6.25. The summed E-state index contributed by atoms with van der Waals surface area (Å²) in [6, 6.07) is 7.43. The van der Waals surface area contributed by atoms with Gasteiger partial charge in [-0.3, -0.25) is 14.9 Å². The van der Waals surface area contributed by atoms with E-state index in [4.69, 9.17) is 11.6 Å². The average Bonchev–Trinajstić information content (AvgIpc) is 3.14. The maximum absolute atomic E-state index is 12.3. The van der Waals surface area contributed by atoms with Crippen molar-refractivity contribution in [3.8, 4) is 0 Å². The third kappa shape index (κ3) is 2.06. The lowest BCUT2D eigenvalue weighted by atomic mass is 9.65. The second-order valence-electron chi connectivity index (χ2n) is 5.82. The van der Waals surface area contributed by atoms with Crippen molar-refractivity contribution in [2.75, 3.05) is 0 Å². The van der Waals surface area contributed by atoms with Crippen molar-refractivity contribution >= 4 is 23.4 Å². The zero-order valence-corrected chi connectivity index (χ0v) is 11.5. The number of benzene rings is 1. The Morgan fingerprint density at radius 1 is 1.26 bits per heavy atom. The molecule has 2 atom stereocenters. The van der Waals surface area contributed by atoms with Gasteiger partial charge in [-0.05, 0) is 35.8 Å². The number of hydrogen-bond donors (Lipinski definition) is 1. The van der Waals surface area contributed by atoms with E-state index in [1.165, 1.54) is 0 Å². The summed E-state index contributed by atoms with van der Waals surface area (Å²) in [4.78, 5) is 24.0. The number of carbonyl (C=O) groups excluding carboxylic acids is 2. The van der Waals surface area contributed by atoms with Gasteiger partial charge >= 0.3 is 0 Å². The van der Waals surface area contributed by atoms with E-state index in [2.05, 4.69) is 12.2 Å². The number of nitrogens with one attached hydrogen (secondary N) is 1. The third-order valence-corrected chi connectivity index (χ3v) is 4.80. The molecule has 1 aliphatic heterocycles. The maximum Gasteiger partial charge on any atom is 0.234 e. The van der Waals surface area contributed by atoms with Gasteiger partial charge in [-0.1, -0.05) is 36.7 Å². The molecule has 2 amide bonds. The molecule has 0 radical (unpaired) electrons. The molecule has 1 saturated carbocycles. The van der Waals surface area contributed by atoms with E-state index in [-0.39, 0.29) is 23.1 Å². The molecule has 1 heterocycles. The van der Waals surface area contributed by atoms with E-state index in [0.29, 0.717) is 17.4 Å². The summed E-state index contributed by atoms with van der Waals surface area (Å²) in [5.41, 5.74) is 0.535. The van der Waals surface area contributed by atoms with Crippen molar-refractivity contribution in [1.29, 1.82) is 0 Å². The molecule has 3 rings (SSSR count). The van der Waals surface area contributed by atoms with Gasteiger partial charge in [0.2, 0.25) is 11.8 Å². The number of imide groups is 1. The summed E-state index contributed by atoms with van der Waals surface area (Å²) in [6.45, 7) is 2.05. The molecule has 100 valence electrons. The molecule has 0 bridgehead atoms. The number of hydrogen-bond acceptors (Lipinski definition) is 2. The predicted molar refractivity (Wildman–Crippen MR) is 72.8 cm³/mol. The fourth-order valence-electron chi connectivity index (χ4n) is 3.33. The van der Waals surface area contributed by atoms with Crippen molar-refractivity contribution in [2.45, 2.75) is 32.1 Å². The summed E-state index contributed by atoms with van der Waals surface area (Å²) in [5.74, 6) is -0.253. The highest BCUT2D eigenvalue weighted by molar-refractivity contribution is 6.31. The Kier molecular flexibility index (Phi) is 2.90. The van der Waals surface area contributed by atoms with Crippen LogP contribution in [0.15, 0.2) is 24.3 Å². The van der Waals surface area contributed by atoms with Crippen molar-refractivity contribution in [3.63, 3.8) is 0 Å². The predicted octanol–water partition coefficient (Wildman–Crippen LogP) is 2.89. The Bertz CT molecular complexity index is 553. The number of amides is 2. The zero-order valence-electron chi connectivity index (χ0n) is 10.8. The monoisotopic (exact) mass is 277 g/mol. The Morgan fingerprint density at radius 2 is 1.95 bits per heavy atom. The van der Waals surface area contributed by atoms with Crippen LogP contribution in [0.25, 0.3) is 0 Å². The number of carbonyl (C=O) groups is 2. The molecule has 19 heavy (non-hydrogen) atoms. The van der Waals surface area contributed by atoms with E-state index in [1.54, 1.807) is 6.07 Å². The lowest BCUT2D eigenvalue weighted by Gasteiger charge is -2.40. The fourth-order valence-corrected chi connectivity index (χ4v) is 3.57. The van der Waals surface area contributed by atoms with Crippen LogP contribution in [0.3, 0.4) is 0 Å². The van der Waals surface area contributed by atoms with Crippen LogP contribution in [-0.2, 0) is 9.59 Å². The molecule has 1 aliphatic carbocycles. The standard InChI is InChI=1S/C15H16ClNO2/c1-15(9-6-7-9)8-12(18)17-14(19)13(15)10-4-2-3-5-11(10)16/h2-5,9,13H,6-8H2,1H3,(H,17,18,19). The van der Waals surface area contributed by atoms with Crippen LogP contribution in [0.1, 0.15) is 37.7 Å². The second kappa shape index (κ2) is 4.34. The van der Waals surface area contributed by atoms with Crippen LogP contribution < -0.4 is 5.32 Å². The molecule has 2 aliphatic rings. The van der Waals surface area contributed by atoms with Gasteiger partial charge in [0.15, 0.2) is 0 Å². The first-order valence-electron chi connectivity index (χ1n) is 6.60. The molecule has 3 nitrogen and oxygen atoms in total. The summed E-state index contributed by atoms with van der Waals surface area (Å²) in [6.07, 6.45) is 2.59. The van der Waals surface area contributed by atoms with E-state index in [1.807, 2.05) is 18.2 Å². The number of piperidine rings is 1. The largest absolute Gasteiger partial charge is 0.296 e. The van der Waals surface area contributed by atoms with Crippen LogP contribution in [0.5, 0.6) is 0 Å². The van der Waals surface area contributed by atoms with Gasteiger partial charge in [0.25, 0.3) is 0 Å². The SMILES string of the molecule is CC1(C2CC2)CC(=O)NC(=O)C1c1ccccc1Cl. The van der Waals surface area contributed by atoms with Gasteiger partial charge in [-0.2, -0.15) is 0 Å². The van der Waals surface area contributed by atoms with Crippen LogP contribution in [0, 0.1) is 11.3 Å². The van der Waals surface area contributed by atoms with Crippen molar-refractivity contribution in [1.82, 2.24) is 5.32 Å². The Labute approximate surface area is 117 Å². The van der Waals surface area contributed by atoms with E-state index >= 15 is 0 Å². The minimum Gasteiger partial charge on any atom is -0.296 e. The first kappa shape index (κ1) is 12.7. The molecule has 0 aromatic heterocycles. The van der Waals surface area contributed by atoms with Gasteiger partial charge in [-0.15, -0.1) is 0 Å². The van der Waals surface area contributed by atoms with Gasteiger partial charge < -0.3 is 0 Å². The van der Waals surface area contributed by atoms with Crippen LogP contribution >= 0.6 is 11.6 Å². The Morgan fingerprint density at radius 3 is 2.58 bits per heavy atom. The summed E-state index contributed by atoms with van der Waals surface area (Å²) < 4.78 is 0. The smallest absolute Gasteiger partial charge is 0.234 e. The second-order valence-corrected chi connectivity index (χ2v) is 6.23. The van der Waals surface area contributed by atoms with E-state index in [9.17, 15) is 9.59 Å². The quantitative estimate of drug-likeness (QED) is 0.845. The van der Waals surface area contributed by atoms with Crippen molar-refractivity contribution in [2.24, 2.45) is 11.3 Å². The number of halogens is 1. The van der Waals surface area contributed by atoms with Crippen molar-refractivity contribution in [3.05, 3.63) is 34.9 Å². The van der Waals surface area contributed by atoms with Crippen molar-refractivity contribution < 1.29 is 9.59 Å². The summed E-state index contributed by atoms with van der Waals surface area (Å²) in [7, 11) is 0. The zero-order chi connectivity index (χ0) is 13.6. The topological polar surface area (TPSA) is 46.2 Å². The summed E-state index contributed by atoms with van der Waals surface area (Å²) in [5, 5.41) is 3.06. The fraction of sp³-hybridized carbons (Fsp3) is 0.467. The number of rotatable bonds is 2. The molecule has 2 fully saturated rings. The molecule has 1 saturated heterocycles. The molecule has 1 aromatic rings. The normalized spacial score (nSPS) is 31.2. The molecular formula is C15H16ClNO2. The lowest BCUT2D eigenvalue weighted by molar-refractivity contribution is -0.140. The minimum absolute atomic E-state index is 0.164. The van der Waals surface area contributed by atoms with Gasteiger partial charge in [0.05, 0.1) is 5.92 Å². The Hall–Kier alpha value is -1.35. The van der Waals surface area contributed by atoms with E-state index in [0.717, 1.165) is 18.4 Å². The maximum atomic E-state index is 12.3. The van der Waals surface area contributed by atoms with Crippen LogP contribution in [0.4, 0.5) is 0 Å². The van der Waals surface area contributed by atoms with Gasteiger partial charge in [0, 0.05) is 11.4 Å². The minimum atomic E-state index is -0.327. The molecule has 1 N–H and O–H groups in total. The highest BCUT2D eigenvalue weighted by Gasteiger charge is 2.54. The van der Waals surface area contributed by atoms with E-state index < -0.39 is 0 Å². The third-order valence-electron chi connectivity index (χ3n) is 4.45. The Balaban J connectivity index is 2.07. The highest BCUT2D eigenvalue weighted by Crippen LogP contribution is 2.57. The first-order chi connectivity index (χ1) is 9.02. The van der Waals surface area contributed by atoms with Crippen LogP contribution in [0.2, 0.25) is 5.02 Å². The molecule has 2 unspecified atom stereocenters. The van der Waals surface area contributed by atoms with Crippen LogP contribution in [-0.4, -0.2) is 11.8 Å².